The second kappa shape index (κ2) is 8.58. The molecule has 0 atom stereocenters. The van der Waals surface area contributed by atoms with Crippen molar-refractivity contribution in [3.63, 3.8) is 0 Å². The van der Waals surface area contributed by atoms with Gasteiger partial charge in [0, 0.05) is 44.0 Å². The van der Waals surface area contributed by atoms with Crippen LogP contribution >= 0.6 is 0 Å². The predicted octanol–water partition coefficient (Wildman–Crippen LogP) is 3.43. The summed E-state index contributed by atoms with van der Waals surface area (Å²) in [6, 6.07) is 17.5. The van der Waals surface area contributed by atoms with E-state index in [-0.39, 0.29) is 5.91 Å². The molecule has 8 heteroatoms. The number of piperazine rings is 1. The first-order valence-electron chi connectivity index (χ1n) is 10.6. The Morgan fingerprint density at radius 3 is 2.44 bits per heavy atom. The third-order valence-electron chi connectivity index (χ3n) is 5.59. The highest BCUT2D eigenvalue weighted by Gasteiger charge is 2.25. The minimum atomic E-state index is -0.0299. The second-order valence-electron chi connectivity index (χ2n) is 7.78. The molecule has 1 saturated heterocycles. The lowest BCUT2D eigenvalue weighted by molar-refractivity contribution is 0.0743. The highest BCUT2D eigenvalue weighted by atomic mass is 16.2. The summed E-state index contributed by atoms with van der Waals surface area (Å²) >= 11 is 0. The summed E-state index contributed by atoms with van der Waals surface area (Å²) in [5.41, 5.74) is 1.61. The molecule has 1 N–H and O–H groups in total. The van der Waals surface area contributed by atoms with Crippen molar-refractivity contribution in [3.8, 4) is 0 Å². The highest BCUT2D eigenvalue weighted by molar-refractivity contribution is 6.05. The standard InChI is InChI=1S/C24H23N7O/c1-17-6-7-20(26-16-17)27-21-8-9-22(29-28-21)30-12-14-31(15-13-30)24(32)23-19-5-3-2-4-18(19)10-11-25-23/h2-11,16H,12-15H2,1H3,(H,26,27,28). The van der Waals surface area contributed by atoms with Crippen LogP contribution in [-0.4, -0.2) is 57.2 Å². The van der Waals surface area contributed by atoms with Crippen LogP contribution in [0.4, 0.5) is 17.5 Å². The summed E-state index contributed by atoms with van der Waals surface area (Å²) in [5.74, 6) is 2.13. The van der Waals surface area contributed by atoms with Crippen LogP contribution in [0.5, 0.6) is 0 Å². The molecule has 0 bridgehead atoms. The molecule has 1 aromatic carbocycles. The van der Waals surface area contributed by atoms with Gasteiger partial charge in [-0.2, -0.15) is 0 Å². The van der Waals surface area contributed by atoms with Crippen molar-refractivity contribution in [2.75, 3.05) is 36.4 Å². The lowest BCUT2D eigenvalue weighted by Gasteiger charge is -2.35. The minimum absolute atomic E-state index is 0.0299. The summed E-state index contributed by atoms with van der Waals surface area (Å²) in [5, 5.41) is 13.7. The highest BCUT2D eigenvalue weighted by Crippen LogP contribution is 2.20. The fourth-order valence-corrected chi connectivity index (χ4v) is 3.81. The maximum atomic E-state index is 13.1. The lowest BCUT2D eigenvalue weighted by atomic mass is 10.1. The third-order valence-corrected chi connectivity index (χ3v) is 5.59. The Morgan fingerprint density at radius 1 is 0.875 bits per heavy atom. The van der Waals surface area contributed by atoms with Gasteiger partial charge in [0.1, 0.15) is 11.5 Å². The summed E-state index contributed by atoms with van der Waals surface area (Å²) in [6.07, 6.45) is 3.50. The number of rotatable bonds is 4. The number of nitrogens with zero attached hydrogens (tertiary/aromatic N) is 6. The van der Waals surface area contributed by atoms with E-state index in [2.05, 4.69) is 30.4 Å². The van der Waals surface area contributed by atoms with Gasteiger partial charge in [0.25, 0.3) is 5.91 Å². The van der Waals surface area contributed by atoms with E-state index in [4.69, 9.17) is 0 Å². The number of hydrogen-bond donors (Lipinski definition) is 1. The number of hydrogen-bond acceptors (Lipinski definition) is 7. The molecule has 8 nitrogen and oxygen atoms in total. The molecule has 160 valence electrons. The molecule has 0 unspecified atom stereocenters. The molecule has 0 saturated carbocycles. The van der Waals surface area contributed by atoms with Crippen molar-refractivity contribution >= 4 is 34.1 Å². The number of benzene rings is 1. The van der Waals surface area contributed by atoms with E-state index in [1.54, 1.807) is 12.4 Å². The molecule has 1 aliphatic heterocycles. The van der Waals surface area contributed by atoms with Crippen LogP contribution in [0.3, 0.4) is 0 Å². The van der Waals surface area contributed by atoms with E-state index in [1.165, 1.54) is 0 Å². The molecule has 1 amide bonds. The number of fused-ring (bicyclic) bond motifs is 1. The van der Waals surface area contributed by atoms with Gasteiger partial charge in [0.2, 0.25) is 0 Å². The molecule has 4 heterocycles. The van der Waals surface area contributed by atoms with Crippen molar-refractivity contribution in [3.05, 3.63) is 78.2 Å². The molecule has 0 spiro atoms. The molecular weight excluding hydrogens is 402 g/mol. The molecule has 0 radical (unpaired) electrons. The molecule has 5 rings (SSSR count). The van der Waals surface area contributed by atoms with Crippen molar-refractivity contribution < 1.29 is 4.79 Å². The number of pyridine rings is 2. The number of aromatic nitrogens is 4. The fraction of sp³-hybridized carbons (Fsp3) is 0.208. The lowest BCUT2D eigenvalue weighted by Crippen LogP contribution is -2.49. The zero-order chi connectivity index (χ0) is 21.9. The van der Waals surface area contributed by atoms with Gasteiger partial charge in [-0.05, 0) is 42.1 Å². The largest absolute Gasteiger partial charge is 0.352 e. The van der Waals surface area contributed by atoms with E-state index >= 15 is 0 Å². The minimum Gasteiger partial charge on any atom is -0.352 e. The molecule has 32 heavy (non-hydrogen) atoms. The number of nitrogens with one attached hydrogen (secondary N) is 1. The first-order valence-corrected chi connectivity index (χ1v) is 10.6. The molecule has 3 aromatic heterocycles. The summed E-state index contributed by atoms with van der Waals surface area (Å²) in [4.78, 5) is 25.8. The van der Waals surface area contributed by atoms with Crippen LogP contribution in [0, 0.1) is 6.92 Å². The van der Waals surface area contributed by atoms with Crippen molar-refractivity contribution in [1.29, 1.82) is 0 Å². The van der Waals surface area contributed by atoms with Gasteiger partial charge < -0.3 is 15.1 Å². The van der Waals surface area contributed by atoms with E-state index in [0.717, 1.165) is 28.0 Å². The van der Waals surface area contributed by atoms with E-state index < -0.39 is 0 Å². The van der Waals surface area contributed by atoms with Gasteiger partial charge >= 0.3 is 0 Å². The molecular formula is C24H23N7O. The van der Waals surface area contributed by atoms with Crippen LogP contribution in [0.15, 0.2) is 67.0 Å². The van der Waals surface area contributed by atoms with Crippen LogP contribution in [0.25, 0.3) is 10.8 Å². The Labute approximate surface area is 185 Å². The zero-order valence-electron chi connectivity index (χ0n) is 17.8. The Kier molecular flexibility index (Phi) is 5.33. The normalized spacial score (nSPS) is 13.9. The quantitative estimate of drug-likeness (QED) is 0.536. The number of carbonyl (C=O) groups is 1. The fourth-order valence-electron chi connectivity index (χ4n) is 3.81. The Balaban J connectivity index is 1.22. The van der Waals surface area contributed by atoms with Crippen molar-refractivity contribution in [2.24, 2.45) is 0 Å². The maximum Gasteiger partial charge on any atom is 0.273 e. The second-order valence-corrected chi connectivity index (χ2v) is 7.78. The average molecular weight is 425 g/mol. The van der Waals surface area contributed by atoms with Gasteiger partial charge in [-0.3, -0.25) is 9.78 Å². The van der Waals surface area contributed by atoms with Crippen molar-refractivity contribution in [1.82, 2.24) is 25.1 Å². The Morgan fingerprint density at radius 2 is 1.69 bits per heavy atom. The Hall–Kier alpha value is -4.07. The first-order chi connectivity index (χ1) is 15.7. The van der Waals surface area contributed by atoms with Gasteiger partial charge in [-0.15, -0.1) is 10.2 Å². The number of anilines is 3. The Bertz CT molecular complexity index is 1230. The van der Waals surface area contributed by atoms with Crippen LogP contribution in [-0.2, 0) is 0 Å². The smallest absolute Gasteiger partial charge is 0.273 e. The van der Waals surface area contributed by atoms with E-state index in [1.807, 2.05) is 66.4 Å². The van der Waals surface area contributed by atoms with E-state index in [0.29, 0.717) is 37.7 Å². The number of amides is 1. The summed E-state index contributed by atoms with van der Waals surface area (Å²) in [7, 11) is 0. The number of carbonyl (C=O) groups excluding carboxylic acids is 1. The van der Waals surface area contributed by atoms with Crippen LogP contribution < -0.4 is 10.2 Å². The van der Waals surface area contributed by atoms with Gasteiger partial charge in [0.05, 0.1) is 0 Å². The van der Waals surface area contributed by atoms with Crippen LogP contribution in [0.1, 0.15) is 16.1 Å². The zero-order valence-corrected chi connectivity index (χ0v) is 17.8. The maximum absolute atomic E-state index is 13.1. The predicted molar refractivity (Wildman–Crippen MR) is 124 cm³/mol. The summed E-state index contributed by atoms with van der Waals surface area (Å²) < 4.78 is 0. The van der Waals surface area contributed by atoms with E-state index in [9.17, 15) is 4.79 Å². The van der Waals surface area contributed by atoms with Gasteiger partial charge in [-0.25, -0.2) is 4.98 Å². The average Bonchev–Trinajstić information content (AvgIpc) is 2.85. The molecule has 1 aliphatic rings. The SMILES string of the molecule is Cc1ccc(Nc2ccc(N3CCN(C(=O)c4nccc5ccccc45)CC3)nn2)nc1. The van der Waals surface area contributed by atoms with Gasteiger partial charge in [-0.1, -0.05) is 30.3 Å². The molecule has 0 aliphatic carbocycles. The molecule has 4 aromatic rings. The van der Waals surface area contributed by atoms with Crippen molar-refractivity contribution in [2.45, 2.75) is 6.92 Å². The monoisotopic (exact) mass is 425 g/mol. The number of aryl methyl sites for hydroxylation is 1. The molecule has 1 fully saturated rings. The topological polar surface area (TPSA) is 87.1 Å². The first kappa shape index (κ1) is 19.9. The van der Waals surface area contributed by atoms with Crippen LogP contribution in [0.2, 0.25) is 0 Å². The summed E-state index contributed by atoms with van der Waals surface area (Å²) in [6.45, 7) is 4.60. The third kappa shape index (κ3) is 4.07. The van der Waals surface area contributed by atoms with Gasteiger partial charge in [0.15, 0.2) is 11.6 Å².